The molecule has 1 unspecified atom stereocenters. The number of benzene rings is 1. The lowest BCUT2D eigenvalue weighted by atomic mass is 9.95. The van der Waals surface area contributed by atoms with Crippen LogP contribution >= 0.6 is 0 Å². The van der Waals surface area contributed by atoms with Gasteiger partial charge in [0.2, 0.25) is 0 Å². The van der Waals surface area contributed by atoms with Crippen LogP contribution in [0.2, 0.25) is 0 Å². The Morgan fingerprint density at radius 1 is 1.18 bits per heavy atom. The Labute approximate surface area is 202 Å². The molecule has 7 nitrogen and oxygen atoms in total. The number of hydrogen-bond acceptors (Lipinski definition) is 5. The van der Waals surface area contributed by atoms with Crippen molar-refractivity contribution in [3.05, 3.63) is 59.7 Å². The van der Waals surface area contributed by atoms with Crippen LogP contribution < -0.4 is 10.2 Å². The van der Waals surface area contributed by atoms with E-state index in [2.05, 4.69) is 58.1 Å². The standard InChI is InChI=1S/C27H36N6O/c1-19(2)32-13-11-24(30-26-8-4-5-14-34-26)23(18-32)27(28)33-12-6-7-21-15-20(9-10-25(21)33)22-16-29-31(3)17-22/h9-10,15-17,26,28,30H,1,4-8,11-14,18H2,2-3H3. The summed E-state index contributed by atoms with van der Waals surface area (Å²) >= 11 is 0. The fourth-order valence-corrected chi connectivity index (χ4v) is 5.26. The number of aromatic nitrogens is 2. The predicted octanol–water partition coefficient (Wildman–Crippen LogP) is 4.43. The quantitative estimate of drug-likeness (QED) is 0.510. The summed E-state index contributed by atoms with van der Waals surface area (Å²) in [5.41, 5.74) is 8.04. The third-order valence-corrected chi connectivity index (χ3v) is 7.19. The number of anilines is 1. The molecule has 2 N–H and O–H groups in total. The molecule has 2 aromatic rings. The highest BCUT2D eigenvalue weighted by atomic mass is 16.5. The van der Waals surface area contributed by atoms with Crippen molar-refractivity contribution in [2.45, 2.75) is 51.7 Å². The van der Waals surface area contributed by atoms with E-state index in [9.17, 15) is 5.41 Å². The van der Waals surface area contributed by atoms with Gasteiger partial charge in [0.15, 0.2) is 0 Å². The first-order valence-corrected chi connectivity index (χ1v) is 12.5. The Morgan fingerprint density at radius 3 is 2.79 bits per heavy atom. The second-order valence-electron chi connectivity index (χ2n) is 9.71. The molecule has 0 radical (unpaired) electrons. The number of amidine groups is 1. The van der Waals surface area contributed by atoms with E-state index in [1.165, 1.54) is 17.5 Å². The van der Waals surface area contributed by atoms with E-state index in [-0.39, 0.29) is 6.23 Å². The number of allylic oxidation sites excluding steroid dienone is 1. The van der Waals surface area contributed by atoms with E-state index in [1.807, 2.05) is 17.9 Å². The van der Waals surface area contributed by atoms with Crippen molar-refractivity contribution in [2.75, 3.05) is 31.1 Å². The van der Waals surface area contributed by atoms with Crippen LogP contribution in [0.25, 0.3) is 11.1 Å². The highest BCUT2D eigenvalue weighted by Crippen LogP contribution is 2.34. The van der Waals surface area contributed by atoms with Crippen molar-refractivity contribution in [3.8, 4) is 11.1 Å². The highest BCUT2D eigenvalue weighted by Gasteiger charge is 2.29. The Morgan fingerprint density at radius 2 is 2.06 bits per heavy atom. The van der Waals surface area contributed by atoms with Crippen molar-refractivity contribution in [1.82, 2.24) is 20.0 Å². The van der Waals surface area contributed by atoms with Gasteiger partial charge >= 0.3 is 0 Å². The molecule has 34 heavy (non-hydrogen) atoms. The fraction of sp³-hybridized carbons (Fsp3) is 0.481. The molecule has 0 aliphatic carbocycles. The summed E-state index contributed by atoms with van der Waals surface area (Å²) in [6.45, 7) is 9.54. The predicted molar refractivity (Wildman–Crippen MR) is 137 cm³/mol. The van der Waals surface area contributed by atoms with Crippen molar-refractivity contribution in [1.29, 1.82) is 5.41 Å². The molecule has 5 rings (SSSR count). The van der Waals surface area contributed by atoms with Crippen LogP contribution in [-0.4, -0.2) is 53.0 Å². The van der Waals surface area contributed by atoms with E-state index in [4.69, 9.17) is 4.74 Å². The van der Waals surface area contributed by atoms with E-state index in [0.717, 1.165) is 80.0 Å². The molecule has 0 spiro atoms. The average molecular weight is 461 g/mol. The van der Waals surface area contributed by atoms with Gasteiger partial charge in [-0.1, -0.05) is 12.6 Å². The average Bonchev–Trinajstić information content (AvgIpc) is 3.30. The molecule has 3 aliphatic rings. The zero-order valence-corrected chi connectivity index (χ0v) is 20.4. The molecule has 1 aromatic heterocycles. The summed E-state index contributed by atoms with van der Waals surface area (Å²) in [6, 6.07) is 6.62. The number of fused-ring (bicyclic) bond motifs is 1. The van der Waals surface area contributed by atoms with Gasteiger partial charge < -0.3 is 19.9 Å². The molecule has 0 bridgehead atoms. The minimum absolute atomic E-state index is 0.0543. The lowest BCUT2D eigenvalue weighted by molar-refractivity contribution is -0.0000997. The third kappa shape index (κ3) is 4.62. The van der Waals surface area contributed by atoms with Crippen molar-refractivity contribution < 1.29 is 4.74 Å². The lowest BCUT2D eigenvalue weighted by Gasteiger charge is -2.39. The molecule has 0 saturated carbocycles. The first-order valence-electron chi connectivity index (χ1n) is 12.5. The Kier molecular flexibility index (Phi) is 6.46. The zero-order valence-electron chi connectivity index (χ0n) is 20.4. The molecule has 0 amide bonds. The van der Waals surface area contributed by atoms with Gasteiger partial charge in [0.25, 0.3) is 0 Å². The monoisotopic (exact) mass is 460 g/mol. The van der Waals surface area contributed by atoms with Crippen LogP contribution in [0, 0.1) is 5.41 Å². The highest BCUT2D eigenvalue weighted by molar-refractivity contribution is 6.09. The van der Waals surface area contributed by atoms with E-state index in [1.54, 1.807) is 0 Å². The number of nitrogens with one attached hydrogen (secondary N) is 2. The molecule has 1 atom stereocenters. The molecule has 3 aliphatic heterocycles. The molecular formula is C27H36N6O. The minimum atomic E-state index is 0.0543. The number of rotatable bonds is 5. The van der Waals surface area contributed by atoms with Crippen LogP contribution in [0.3, 0.4) is 0 Å². The van der Waals surface area contributed by atoms with E-state index in [0.29, 0.717) is 12.4 Å². The summed E-state index contributed by atoms with van der Waals surface area (Å²) < 4.78 is 7.81. The lowest BCUT2D eigenvalue weighted by Crippen LogP contribution is -2.45. The molecule has 4 heterocycles. The molecule has 1 saturated heterocycles. The molecule has 7 heteroatoms. The van der Waals surface area contributed by atoms with Crippen molar-refractivity contribution in [3.63, 3.8) is 0 Å². The molecular weight excluding hydrogens is 424 g/mol. The summed E-state index contributed by atoms with van der Waals surface area (Å²) in [5, 5.41) is 17.3. The van der Waals surface area contributed by atoms with E-state index < -0.39 is 0 Å². The van der Waals surface area contributed by atoms with Crippen molar-refractivity contribution in [2.24, 2.45) is 7.05 Å². The van der Waals surface area contributed by atoms with E-state index >= 15 is 0 Å². The minimum Gasteiger partial charge on any atom is -0.371 e. The van der Waals surface area contributed by atoms with Crippen LogP contribution in [0.15, 0.2) is 54.1 Å². The maximum Gasteiger partial charge on any atom is 0.131 e. The van der Waals surface area contributed by atoms with Gasteiger partial charge in [-0.3, -0.25) is 10.1 Å². The Balaban J connectivity index is 1.44. The van der Waals surface area contributed by atoms with Crippen molar-refractivity contribution >= 4 is 11.5 Å². The third-order valence-electron chi connectivity index (χ3n) is 7.19. The number of aryl methyl sites for hydroxylation is 2. The zero-order chi connectivity index (χ0) is 23.7. The van der Waals surface area contributed by atoms with Gasteiger partial charge in [0, 0.05) is 74.1 Å². The topological polar surface area (TPSA) is 69.4 Å². The SMILES string of the molecule is C=C(C)N1CCC(NC2CCCCO2)=C(C(=N)N2CCCc3cc(-c4cnn(C)c4)ccc32)C1. The molecule has 1 fully saturated rings. The van der Waals surface area contributed by atoms with Gasteiger partial charge in [0.05, 0.1) is 6.20 Å². The molecule has 1 aromatic carbocycles. The first kappa shape index (κ1) is 22.7. The van der Waals surface area contributed by atoms with Crippen LogP contribution in [0.5, 0.6) is 0 Å². The first-order chi connectivity index (χ1) is 16.5. The van der Waals surface area contributed by atoms with Gasteiger partial charge in [-0.15, -0.1) is 0 Å². The smallest absolute Gasteiger partial charge is 0.131 e. The second kappa shape index (κ2) is 9.66. The number of hydrogen-bond donors (Lipinski definition) is 2. The van der Waals surface area contributed by atoms with Crippen LogP contribution in [-0.2, 0) is 18.2 Å². The summed E-state index contributed by atoms with van der Waals surface area (Å²) in [4.78, 5) is 4.49. The van der Waals surface area contributed by atoms with Gasteiger partial charge in [-0.2, -0.15) is 5.10 Å². The number of ether oxygens (including phenoxy) is 1. The largest absolute Gasteiger partial charge is 0.371 e. The summed E-state index contributed by atoms with van der Waals surface area (Å²) in [7, 11) is 1.95. The maximum atomic E-state index is 9.33. The van der Waals surface area contributed by atoms with Gasteiger partial charge in [-0.25, -0.2) is 0 Å². The Bertz CT molecular complexity index is 1110. The van der Waals surface area contributed by atoms with Gasteiger partial charge in [0.1, 0.15) is 12.1 Å². The maximum absolute atomic E-state index is 9.33. The second-order valence-corrected chi connectivity index (χ2v) is 9.71. The van der Waals surface area contributed by atoms with Crippen LogP contribution in [0.4, 0.5) is 5.69 Å². The summed E-state index contributed by atoms with van der Waals surface area (Å²) in [5.74, 6) is 0.597. The normalized spacial score (nSPS) is 20.8. The Hall–Kier alpha value is -3.06. The summed E-state index contributed by atoms with van der Waals surface area (Å²) in [6.07, 6.45) is 10.3. The molecule has 180 valence electrons. The van der Waals surface area contributed by atoms with Crippen LogP contribution in [0.1, 0.15) is 44.6 Å². The van der Waals surface area contributed by atoms with Gasteiger partial charge in [-0.05, 0) is 62.3 Å². The fourth-order valence-electron chi connectivity index (χ4n) is 5.26. The number of nitrogens with zero attached hydrogens (tertiary/aromatic N) is 4.